The second kappa shape index (κ2) is 9.50. The fourth-order valence-electron chi connectivity index (χ4n) is 0.240. The number of hydrogen-bond donors (Lipinski definition) is 2. The summed E-state index contributed by atoms with van der Waals surface area (Å²) in [5.74, 6) is 0. The minimum atomic E-state index is -0.0501. The van der Waals surface area contributed by atoms with E-state index in [4.69, 9.17) is 11.5 Å². The molecule has 0 aromatic heterocycles. The molecule has 0 rings (SSSR count). The van der Waals surface area contributed by atoms with Gasteiger partial charge < -0.3 is 36.7 Å². The number of hydrogen-bond acceptors (Lipinski definition) is 6. The Morgan fingerprint density at radius 3 is 1.46 bits per heavy atom. The molecule has 6 nitrogen and oxygen atoms in total. The van der Waals surface area contributed by atoms with Gasteiger partial charge in [0, 0.05) is 0 Å². The molecule has 0 atom stereocenters. The van der Waals surface area contributed by atoms with E-state index in [2.05, 4.69) is 45.7 Å². The Bertz CT molecular complexity index is 213. The summed E-state index contributed by atoms with van der Waals surface area (Å²) in [4.78, 5) is 0. The second-order valence-corrected chi connectivity index (χ2v) is 2.24. The predicted molar refractivity (Wildman–Crippen MR) is 55.0 cm³/mol. The van der Waals surface area contributed by atoms with E-state index in [-0.39, 0.29) is 31.4 Å². The van der Waals surface area contributed by atoms with Gasteiger partial charge in [-0.15, -0.1) is 0 Å². The van der Waals surface area contributed by atoms with Crippen LogP contribution in [-0.2, 0) is 46.3 Å². The molecular formula is C4H6N6PtS2. The third kappa shape index (κ3) is 14.3. The van der Waals surface area contributed by atoms with Gasteiger partial charge in [-0.3, -0.25) is 0 Å². The van der Waals surface area contributed by atoms with Crippen molar-refractivity contribution in [2.75, 3.05) is 0 Å². The maximum absolute atomic E-state index is 5.00. The van der Waals surface area contributed by atoms with E-state index in [0.29, 0.717) is 0 Å². The normalized spacial score (nSPS) is 13.5. The van der Waals surface area contributed by atoms with Crippen LogP contribution in [0.4, 0.5) is 0 Å². The van der Waals surface area contributed by atoms with Crippen molar-refractivity contribution in [3.63, 3.8) is 0 Å². The Labute approximate surface area is 101 Å². The average Bonchev–Trinajstić information content (AvgIpc) is 1.95. The van der Waals surface area contributed by atoms with Crippen LogP contribution in [0.15, 0.2) is 20.4 Å². The van der Waals surface area contributed by atoms with E-state index in [9.17, 15) is 0 Å². The quantitative estimate of drug-likeness (QED) is 0.267. The summed E-state index contributed by atoms with van der Waals surface area (Å²) >= 11 is 8.81. The average molecular weight is 397 g/mol. The zero-order chi connectivity index (χ0) is 9.40. The van der Waals surface area contributed by atoms with Gasteiger partial charge in [-0.05, 0) is 10.3 Å². The zero-order valence-corrected chi connectivity index (χ0v) is 10.1. The molecule has 0 fully saturated rings. The van der Waals surface area contributed by atoms with E-state index >= 15 is 0 Å². The molecule has 0 aromatic rings. The SMILES string of the molecule is NC([S-])=N/N=C\C=N\N=C(N)[S-].[Pt+2]. The van der Waals surface area contributed by atoms with E-state index in [1.165, 1.54) is 12.4 Å². The van der Waals surface area contributed by atoms with Crippen LogP contribution in [0.1, 0.15) is 0 Å². The van der Waals surface area contributed by atoms with E-state index in [1.807, 2.05) is 0 Å². The monoisotopic (exact) mass is 397 g/mol. The number of nitrogens with zero attached hydrogens (tertiary/aromatic N) is 4. The number of rotatable bonds is 3. The Morgan fingerprint density at radius 2 is 1.23 bits per heavy atom. The summed E-state index contributed by atoms with van der Waals surface area (Å²) < 4.78 is 0. The summed E-state index contributed by atoms with van der Waals surface area (Å²) in [7, 11) is 0. The van der Waals surface area contributed by atoms with Crippen LogP contribution in [0.5, 0.6) is 0 Å². The molecule has 74 valence electrons. The van der Waals surface area contributed by atoms with Gasteiger partial charge in [-0.1, -0.05) is 0 Å². The van der Waals surface area contributed by atoms with Crippen molar-refractivity contribution in [1.82, 2.24) is 0 Å². The van der Waals surface area contributed by atoms with Crippen molar-refractivity contribution in [1.29, 1.82) is 0 Å². The molecule has 0 unspecified atom stereocenters. The van der Waals surface area contributed by atoms with Gasteiger partial charge in [0.1, 0.15) is 0 Å². The summed E-state index contributed by atoms with van der Waals surface area (Å²) in [6.45, 7) is 0. The maximum atomic E-state index is 5.00. The Hall–Kier alpha value is -0.592. The third-order valence-corrected chi connectivity index (χ3v) is 0.676. The summed E-state index contributed by atoms with van der Waals surface area (Å²) in [5.41, 5.74) is 10.00. The van der Waals surface area contributed by atoms with Gasteiger partial charge in [0.15, 0.2) is 0 Å². The van der Waals surface area contributed by atoms with Crippen LogP contribution < -0.4 is 11.5 Å². The topological polar surface area (TPSA) is 101 Å². The minimum Gasteiger partial charge on any atom is -0.741 e. The Kier molecular flexibility index (Phi) is 10.9. The molecule has 0 saturated carbocycles. The first kappa shape index (κ1) is 14.9. The third-order valence-electron chi connectivity index (χ3n) is 0.513. The molecule has 9 heteroatoms. The minimum absolute atomic E-state index is 0. The summed E-state index contributed by atoms with van der Waals surface area (Å²) in [5, 5.41) is 13.4. The van der Waals surface area contributed by atoms with Crippen molar-refractivity contribution >= 4 is 48.0 Å². The second-order valence-electron chi connectivity index (χ2n) is 1.41. The first-order valence-electron chi connectivity index (χ1n) is 2.68. The zero-order valence-electron chi connectivity index (χ0n) is 6.23. The molecule has 0 aliphatic rings. The maximum Gasteiger partial charge on any atom is 2.00 e. The molecule has 4 N–H and O–H groups in total. The fraction of sp³-hybridized carbons (Fsp3) is 0. The molecule has 0 aliphatic heterocycles. The van der Waals surface area contributed by atoms with Gasteiger partial charge in [0.05, 0.1) is 12.4 Å². The molecule has 0 spiro atoms. The Balaban J connectivity index is 0. The molecule has 0 amide bonds. The molecule has 0 aliphatic carbocycles. The van der Waals surface area contributed by atoms with Crippen molar-refractivity contribution in [3.05, 3.63) is 0 Å². The van der Waals surface area contributed by atoms with E-state index in [0.717, 1.165) is 0 Å². The number of amidine groups is 2. The van der Waals surface area contributed by atoms with Crippen LogP contribution in [0, 0.1) is 0 Å². The van der Waals surface area contributed by atoms with Crippen LogP contribution in [0.2, 0.25) is 0 Å². The fourth-order valence-corrected chi connectivity index (χ4v) is 0.334. The van der Waals surface area contributed by atoms with Crippen molar-refractivity contribution in [2.45, 2.75) is 0 Å². The largest absolute Gasteiger partial charge is 2.00 e. The van der Waals surface area contributed by atoms with Gasteiger partial charge in [-0.2, -0.15) is 20.4 Å². The van der Waals surface area contributed by atoms with Crippen molar-refractivity contribution in [2.24, 2.45) is 31.9 Å². The molecular weight excluding hydrogens is 391 g/mol. The van der Waals surface area contributed by atoms with Gasteiger partial charge >= 0.3 is 21.1 Å². The predicted octanol–water partition coefficient (Wildman–Crippen LogP) is -1.32. The first-order valence-corrected chi connectivity index (χ1v) is 3.50. The summed E-state index contributed by atoms with van der Waals surface area (Å²) in [6, 6.07) is 0. The van der Waals surface area contributed by atoms with Gasteiger partial charge in [0.25, 0.3) is 0 Å². The van der Waals surface area contributed by atoms with Crippen molar-refractivity contribution in [3.8, 4) is 0 Å². The van der Waals surface area contributed by atoms with Crippen molar-refractivity contribution < 1.29 is 21.1 Å². The Morgan fingerprint density at radius 1 is 0.923 bits per heavy atom. The number of nitrogens with two attached hydrogens (primary N) is 2. The van der Waals surface area contributed by atoms with Crippen LogP contribution in [0.25, 0.3) is 0 Å². The standard InChI is InChI=1S/C4H8N6S2.Pt/c5-3(11)9-7-1-2-8-10-4(6)12;/h1-2H,(H3,5,9,11)(H3,6,10,12);/q;+2/p-2/b7-1-,8-2+;. The van der Waals surface area contributed by atoms with Gasteiger partial charge in [0.2, 0.25) is 0 Å². The molecule has 13 heavy (non-hydrogen) atoms. The van der Waals surface area contributed by atoms with Crippen LogP contribution >= 0.6 is 0 Å². The smallest absolute Gasteiger partial charge is 0.741 e. The summed E-state index contributed by atoms with van der Waals surface area (Å²) in [6.07, 6.45) is 2.50. The molecule has 0 radical (unpaired) electrons. The first-order chi connectivity index (χ1) is 5.63. The molecule has 0 heterocycles. The van der Waals surface area contributed by atoms with Crippen LogP contribution in [-0.4, -0.2) is 22.8 Å². The van der Waals surface area contributed by atoms with Crippen LogP contribution in [0.3, 0.4) is 0 Å². The molecule has 0 saturated heterocycles. The molecule has 0 aromatic carbocycles. The molecule has 0 bridgehead atoms. The van der Waals surface area contributed by atoms with Gasteiger partial charge in [-0.25, -0.2) is 0 Å². The van der Waals surface area contributed by atoms with E-state index < -0.39 is 0 Å². The van der Waals surface area contributed by atoms with E-state index in [1.54, 1.807) is 0 Å².